The summed E-state index contributed by atoms with van der Waals surface area (Å²) in [5, 5.41) is 27.4. The van der Waals surface area contributed by atoms with Crippen molar-refractivity contribution in [3.8, 4) is 11.5 Å². The third-order valence-electron chi connectivity index (χ3n) is 2.82. The Balaban J connectivity index is 2.26. The first-order valence-electron chi connectivity index (χ1n) is 6.05. The lowest BCUT2D eigenvalue weighted by atomic mass is 10.0. The molecule has 3 N–H and O–H groups in total. The largest absolute Gasteiger partial charge is 0.508 e. The van der Waals surface area contributed by atoms with E-state index in [9.17, 15) is 19.8 Å². The van der Waals surface area contributed by atoms with Crippen LogP contribution in [0.3, 0.4) is 0 Å². The second kappa shape index (κ2) is 5.92. The number of carbonyl (C=O) groups excluding carboxylic acids is 1. The van der Waals surface area contributed by atoms with Gasteiger partial charge in [-0.25, -0.2) is 4.79 Å². The molecule has 2 rings (SSSR count). The van der Waals surface area contributed by atoms with Crippen molar-refractivity contribution in [3.63, 3.8) is 0 Å². The van der Waals surface area contributed by atoms with Gasteiger partial charge >= 0.3 is 5.97 Å². The number of ketones is 1. The highest BCUT2D eigenvalue weighted by atomic mass is 16.4. The number of rotatable bonds is 4. The van der Waals surface area contributed by atoms with Gasteiger partial charge in [-0.1, -0.05) is 24.3 Å². The lowest BCUT2D eigenvalue weighted by molar-refractivity contribution is -0.131. The summed E-state index contributed by atoms with van der Waals surface area (Å²) in [6, 6.07) is 10.0. The van der Waals surface area contributed by atoms with Crippen LogP contribution in [-0.2, 0) is 4.79 Å². The lowest BCUT2D eigenvalue weighted by Gasteiger charge is -2.05. The molecule has 2 aromatic carbocycles. The number of carboxylic acid groups (broad SMARTS) is 1. The Bertz CT molecular complexity index is 714. The van der Waals surface area contributed by atoms with Gasteiger partial charge in [0.05, 0.1) is 5.56 Å². The zero-order valence-electron chi connectivity index (χ0n) is 10.9. The maximum absolute atomic E-state index is 12.2. The predicted molar refractivity (Wildman–Crippen MR) is 76.3 cm³/mol. The molecule has 0 aliphatic heterocycles. The summed E-state index contributed by atoms with van der Waals surface area (Å²) in [5.74, 6) is -1.86. The van der Waals surface area contributed by atoms with Crippen LogP contribution in [0.1, 0.15) is 21.5 Å². The van der Waals surface area contributed by atoms with E-state index in [0.29, 0.717) is 11.1 Å². The van der Waals surface area contributed by atoms with Gasteiger partial charge in [0.2, 0.25) is 0 Å². The van der Waals surface area contributed by atoms with Gasteiger partial charge < -0.3 is 15.3 Å². The van der Waals surface area contributed by atoms with Gasteiger partial charge in [0, 0.05) is 17.7 Å². The van der Waals surface area contributed by atoms with Gasteiger partial charge in [-0.2, -0.15) is 0 Å². The van der Waals surface area contributed by atoms with Crippen LogP contribution in [0.4, 0.5) is 0 Å². The Morgan fingerprint density at radius 3 is 2.19 bits per heavy atom. The van der Waals surface area contributed by atoms with E-state index in [-0.39, 0.29) is 22.8 Å². The highest BCUT2D eigenvalue weighted by molar-refractivity contribution is 6.10. The number of hydrogen-bond acceptors (Lipinski definition) is 4. The summed E-state index contributed by atoms with van der Waals surface area (Å²) in [6.45, 7) is 0. The molecule has 0 aromatic heterocycles. The van der Waals surface area contributed by atoms with Crippen LogP contribution in [0.15, 0.2) is 48.5 Å². The summed E-state index contributed by atoms with van der Waals surface area (Å²) in [4.78, 5) is 22.6. The first-order chi connectivity index (χ1) is 9.97. The normalized spacial score (nSPS) is 10.7. The minimum atomic E-state index is -1.05. The molecular weight excluding hydrogens is 272 g/mol. The fraction of sp³-hybridized carbons (Fsp3) is 0. The fourth-order valence-electron chi connectivity index (χ4n) is 1.78. The molecule has 2 aromatic rings. The Kier molecular flexibility index (Phi) is 4.04. The maximum Gasteiger partial charge on any atom is 0.328 e. The third-order valence-corrected chi connectivity index (χ3v) is 2.82. The van der Waals surface area contributed by atoms with Crippen LogP contribution in [0.25, 0.3) is 6.08 Å². The number of carbonyl (C=O) groups is 2. The molecule has 5 nitrogen and oxygen atoms in total. The molecule has 0 heterocycles. The molecule has 0 unspecified atom stereocenters. The Morgan fingerprint density at radius 1 is 0.952 bits per heavy atom. The zero-order valence-corrected chi connectivity index (χ0v) is 10.9. The second-order valence-corrected chi connectivity index (χ2v) is 4.32. The van der Waals surface area contributed by atoms with Crippen LogP contribution in [-0.4, -0.2) is 27.1 Å². The number of benzene rings is 2. The molecule has 5 heteroatoms. The highest BCUT2D eigenvalue weighted by Crippen LogP contribution is 2.25. The second-order valence-electron chi connectivity index (χ2n) is 4.32. The Hall–Kier alpha value is -3.08. The average Bonchev–Trinajstić information content (AvgIpc) is 2.45. The Labute approximate surface area is 120 Å². The Morgan fingerprint density at radius 2 is 1.62 bits per heavy atom. The molecule has 0 fully saturated rings. The summed E-state index contributed by atoms with van der Waals surface area (Å²) in [6.07, 6.45) is 2.41. The van der Waals surface area contributed by atoms with E-state index in [1.165, 1.54) is 30.3 Å². The summed E-state index contributed by atoms with van der Waals surface area (Å²) < 4.78 is 0. The van der Waals surface area contributed by atoms with E-state index in [4.69, 9.17) is 5.11 Å². The van der Waals surface area contributed by atoms with Crippen LogP contribution in [0.2, 0.25) is 0 Å². The van der Waals surface area contributed by atoms with Gasteiger partial charge in [-0.3, -0.25) is 4.79 Å². The summed E-state index contributed by atoms with van der Waals surface area (Å²) in [7, 11) is 0. The van der Waals surface area contributed by atoms with E-state index < -0.39 is 5.97 Å². The average molecular weight is 284 g/mol. The molecule has 0 atom stereocenters. The van der Waals surface area contributed by atoms with Gasteiger partial charge in [-0.05, 0) is 23.8 Å². The zero-order chi connectivity index (χ0) is 15.4. The molecule has 0 aliphatic carbocycles. The van der Waals surface area contributed by atoms with Gasteiger partial charge in [-0.15, -0.1) is 0 Å². The van der Waals surface area contributed by atoms with E-state index in [2.05, 4.69) is 0 Å². The number of aromatic hydroxyl groups is 2. The first kappa shape index (κ1) is 14.3. The number of phenolic OH excluding ortho intramolecular Hbond substituents is 2. The molecule has 21 heavy (non-hydrogen) atoms. The van der Waals surface area contributed by atoms with E-state index in [0.717, 1.165) is 12.1 Å². The standard InChI is InChI=1S/C16H12O5/c17-12-6-7-13(14(18)9-12)16(21)11-4-1-10(2-5-11)3-8-15(19)20/h1-9,17-18H,(H,19,20)/b8-3+. The minimum Gasteiger partial charge on any atom is -0.508 e. The molecule has 0 saturated carbocycles. The van der Waals surface area contributed by atoms with Crippen molar-refractivity contribution in [3.05, 3.63) is 65.2 Å². The molecular formula is C16H12O5. The summed E-state index contributed by atoms with van der Waals surface area (Å²) >= 11 is 0. The van der Waals surface area contributed by atoms with Crippen LogP contribution in [0.5, 0.6) is 11.5 Å². The van der Waals surface area contributed by atoms with Crippen molar-refractivity contribution >= 4 is 17.8 Å². The molecule has 0 aliphatic rings. The van der Waals surface area contributed by atoms with Crippen molar-refractivity contribution in [2.45, 2.75) is 0 Å². The molecule has 106 valence electrons. The molecule has 0 spiro atoms. The van der Waals surface area contributed by atoms with Crippen molar-refractivity contribution < 1.29 is 24.9 Å². The van der Waals surface area contributed by atoms with Gasteiger partial charge in [0.1, 0.15) is 11.5 Å². The highest BCUT2D eigenvalue weighted by Gasteiger charge is 2.13. The van der Waals surface area contributed by atoms with Crippen LogP contribution in [0, 0.1) is 0 Å². The van der Waals surface area contributed by atoms with Gasteiger partial charge in [0.25, 0.3) is 0 Å². The van der Waals surface area contributed by atoms with Crippen molar-refractivity contribution in [1.82, 2.24) is 0 Å². The third kappa shape index (κ3) is 3.48. The number of phenols is 2. The summed E-state index contributed by atoms with van der Waals surface area (Å²) in [5.41, 5.74) is 1.08. The van der Waals surface area contributed by atoms with Crippen LogP contribution < -0.4 is 0 Å². The van der Waals surface area contributed by atoms with Crippen molar-refractivity contribution in [2.24, 2.45) is 0 Å². The minimum absolute atomic E-state index is 0.0848. The number of carboxylic acids is 1. The fourth-order valence-corrected chi connectivity index (χ4v) is 1.78. The first-order valence-corrected chi connectivity index (χ1v) is 6.05. The van der Waals surface area contributed by atoms with Gasteiger partial charge in [0.15, 0.2) is 5.78 Å². The maximum atomic E-state index is 12.2. The predicted octanol–water partition coefficient (Wildman–Crippen LogP) is 2.43. The van der Waals surface area contributed by atoms with Crippen LogP contribution >= 0.6 is 0 Å². The monoisotopic (exact) mass is 284 g/mol. The van der Waals surface area contributed by atoms with E-state index >= 15 is 0 Å². The molecule has 0 amide bonds. The van der Waals surface area contributed by atoms with Crippen molar-refractivity contribution in [1.29, 1.82) is 0 Å². The number of hydrogen-bond donors (Lipinski definition) is 3. The quantitative estimate of drug-likeness (QED) is 0.592. The number of aliphatic carboxylic acids is 1. The van der Waals surface area contributed by atoms with E-state index in [1.807, 2.05) is 0 Å². The smallest absolute Gasteiger partial charge is 0.328 e. The molecule has 0 radical (unpaired) electrons. The lowest BCUT2D eigenvalue weighted by Crippen LogP contribution is -2.01. The molecule has 0 bridgehead atoms. The SMILES string of the molecule is O=C(O)/C=C/c1ccc(C(=O)c2ccc(O)cc2O)cc1. The van der Waals surface area contributed by atoms with Crippen molar-refractivity contribution in [2.75, 3.05) is 0 Å². The topological polar surface area (TPSA) is 94.8 Å². The molecule has 0 saturated heterocycles. The van der Waals surface area contributed by atoms with E-state index in [1.54, 1.807) is 12.1 Å².